The number of aromatic nitrogens is 1. The molecule has 2 aromatic rings. The predicted molar refractivity (Wildman–Crippen MR) is 82.3 cm³/mol. The Morgan fingerprint density at radius 3 is 2.89 bits per heavy atom. The van der Waals surface area contributed by atoms with Crippen molar-refractivity contribution in [2.45, 2.75) is 26.4 Å². The quantitative estimate of drug-likeness (QED) is 0.769. The lowest BCUT2D eigenvalue weighted by Crippen LogP contribution is -2.04. The maximum absolute atomic E-state index is 3.25. The van der Waals surface area contributed by atoms with Gasteiger partial charge < -0.3 is 9.88 Å². The number of hydrogen-bond acceptors (Lipinski definition) is 2. The van der Waals surface area contributed by atoms with E-state index in [1.54, 1.807) is 0 Å². The molecule has 1 heterocycles. The average Bonchev–Trinajstić information content (AvgIpc) is 2.74. The Kier molecular flexibility index (Phi) is 5.14. The number of thioether (sulfide) groups is 1. The standard InChI is InChI=1S/C15H22N2S/c1-3-18-10-6-9-17-12-13(11-16-2)14-7-4-5-8-15(14)17/h4-5,7-8,12,16H,3,6,9-11H2,1-2H3. The highest BCUT2D eigenvalue weighted by molar-refractivity contribution is 7.99. The van der Waals surface area contributed by atoms with Crippen molar-refractivity contribution in [2.24, 2.45) is 0 Å². The van der Waals surface area contributed by atoms with Crippen LogP contribution in [0, 0.1) is 0 Å². The molecular weight excluding hydrogens is 240 g/mol. The number of hydrogen-bond donors (Lipinski definition) is 1. The lowest BCUT2D eigenvalue weighted by atomic mass is 10.2. The number of nitrogens with one attached hydrogen (secondary N) is 1. The maximum atomic E-state index is 3.25. The van der Waals surface area contributed by atoms with Crippen molar-refractivity contribution in [3.63, 3.8) is 0 Å². The van der Waals surface area contributed by atoms with Crippen LogP contribution in [0.3, 0.4) is 0 Å². The van der Waals surface area contributed by atoms with Crippen molar-refractivity contribution in [3.05, 3.63) is 36.0 Å². The second-order valence-electron chi connectivity index (χ2n) is 4.45. The summed E-state index contributed by atoms with van der Waals surface area (Å²) in [4.78, 5) is 0. The van der Waals surface area contributed by atoms with Crippen LogP contribution >= 0.6 is 11.8 Å². The maximum Gasteiger partial charge on any atom is 0.0483 e. The summed E-state index contributed by atoms with van der Waals surface area (Å²) in [6, 6.07) is 8.70. The van der Waals surface area contributed by atoms with E-state index >= 15 is 0 Å². The number of rotatable bonds is 7. The Balaban J connectivity index is 2.16. The molecule has 0 amide bonds. The highest BCUT2D eigenvalue weighted by atomic mass is 32.2. The number of fused-ring (bicyclic) bond motifs is 1. The van der Waals surface area contributed by atoms with Gasteiger partial charge in [0.15, 0.2) is 0 Å². The molecule has 98 valence electrons. The van der Waals surface area contributed by atoms with Gasteiger partial charge in [0.25, 0.3) is 0 Å². The van der Waals surface area contributed by atoms with Gasteiger partial charge in [0, 0.05) is 30.2 Å². The fourth-order valence-electron chi connectivity index (χ4n) is 2.32. The van der Waals surface area contributed by atoms with Gasteiger partial charge in [-0.05, 0) is 36.6 Å². The SMILES string of the molecule is CCSCCCn1cc(CNC)c2ccccc21. The molecule has 0 saturated carbocycles. The average molecular weight is 262 g/mol. The van der Waals surface area contributed by atoms with E-state index in [1.807, 2.05) is 18.8 Å². The molecule has 3 heteroatoms. The van der Waals surface area contributed by atoms with E-state index in [0.29, 0.717) is 0 Å². The molecule has 0 aliphatic rings. The van der Waals surface area contributed by atoms with Crippen LogP contribution in [0.1, 0.15) is 18.9 Å². The summed E-state index contributed by atoms with van der Waals surface area (Å²) in [5, 5.41) is 4.63. The second kappa shape index (κ2) is 6.86. The fourth-order valence-corrected chi connectivity index (χ4v) is 2.94. The normalized spacial score (nSPS) is 11.2. The Hall–Kier alpha value is -0.930. The van der Waals surface area contributed by atoms with E-state index in [4.69, 9.17) is 0 Å². The minimum atomic E-state index is 0.942. The zero-order valence-corrected chi connectivity index (χ0v) is 12.1. The second-order valence-corrected chi connectivity index (χ2v) is 5.84. The largest absolute Gasteiger partial charge is 0.347 e. The molecule has 1 N–H and O–H groups in total. The lowest BCUT2D eigenvalue weighted by Gasteiger charge is -2.04. The third-order valence-corrected chi connectivity index (χ3v) is 4.12. The van der Waals surface area contributed by atoms with Crippen LogP contribution in [0.25, 0.3) is 10.9 Å². The summed E-state index contributed by atoms with van der Waals surface area (Å²) in [6.07, 6.45) is 3.55. The number of nitrogens with zero attached hydrogens (tertiary/aromatic N) is 1. The summed E-state index contributed by atoms with van der Waals surface area (Å²) in [5.74, 6) is 2.47. The van der Waals surface area contributed by atoms with Gasteiger partial charge in [-0.1, -0.05) is 25.1 Å². The van der Waals surface area contributed by atoms with Crippen molar-refractivity contribution in [1.29, 1.82) is 0 Å². The fraction of sp³-hybridized carbons (Fsp3) is 0.467. The van der Waals surface area contributed by atoms with Crippen LogP contribution in [0.2, 0.25) is 0 Å². The van der Waals surface area contributed by atoms with Crippen LogP contribution < -0.4 is 5.32 Å². The molecule has 2 nitrogen and oxygen atoms in total. The summed E-state index contributed by atoms with van der Waals surface area (Å²) < 4.78 is 2.40. The van der Waals surface area contributed by atoms with Gasteiger partial charge >= 0.3 is 0 Å². The minimum absolute atomic E-state index is 0.942. The third kappa shape index (κ3) is 3.09. The van der Waals surface area contributed by atoms with Gasteiger partial charge in [-0.15, -0.1) is 0 Å². The van der Waals surface area contributed by atoms with Gasteiger partial charge in [-0.25, -0.2) is 0 Å². The zero-order valence-electron chi connectivity index (χ0n) is 11.3. The zero-order chi connectivity index (χ0) is 12.8. The molecule has 0 bridgehead atoms. The molecule has 0 fully saturated rings. The van der Waals surface area contributed by atoms with E-state index in [-0.39, 0.29) is 0 Å². The molecule has 2 rings (SSSR count). The molecular formula is C15H22N2S. The molecule has 0 atom stereocenters. The van der Waals surface area contributed by atoms with Crippen molar-refractivity contribution in [3.8, 4) is 0 Å². The van der Waals surface area contributed by atoms with Crippen LogP contribution in [0.4, 0.5) is 0 Å². The summed E-state index contributed by atoms with van der Waals surface area (Å²) >= 11 is 2.02. The first kappa shape index (κ1) is 13.5. The molecule has 0 spiro atoms. The third-order valence-electron chi connectivity index (χ3n) is 3.13. The van der Waals surface area contributed by atoms with E-state index in [9.17, 15) is 0 Å². The first-order valence-corrected chi connectivity index (χ1v) is 7.81. The van der Waals surface area contributed by atoms with Gasteiger partial charge in [-0.2, -0.15) is 11.8 Å². The van der Waals surface area contributed by atoms with Crippen LogP contribution in [0.5, 0.6) is 0 Å². The van der Waals surface area contributed by atoms with Crippen LogP contribution in [0.15, 0.2) is 30.5 Å². The number of benzene rings is 1. The van der Waals surface area contributed by atoms with Gasteiger partial charge in [-0.3, -0.25) is 0 Å². The van der Waals surface area contributed by atoms with Crippen molar-refractivity contribution in [1.82, 2.24) is 9.88 Å². The molecule has 1 aromatic carbocycles. The molecule has 1 aromatic heterocycles. The Bertz CT molecular complexity index is 490. The Morgan fingerprint density at radius 1 is 1.28 bits per heavy atom. The molecule has 0 saturated heterocycles. The smallest absolute Gasteiger partial charge is 0.0483 e. The number of para-hydroxylation sites is 1. The Labute approximate surface area is 114 Å². The Morgan fingerprint density at radius 2 is 2.11 bits per heavy atom. The molecule has 0 radical (unpaired) electrons. The summed E-state index contributed by atoms with van der Waals surface area (Å²) in [7, 11) is 2.00. The topological polar surface area (TPSA) is 17.0 Å². The van der Waals surface area contributed by atoms with Gasteiger partial charge in [0.05, 0.1) is 0 Å². The van der Waals surface area contributed by atoms with E-state index in [2.05, 4.69) is 47.3 Å². The first-order chi connectivity index (χ1) is 8.86. The van der Waals surface area contributed by atoms with Gasteiger partial charge in [0.1, 0.15) is 0 Å². The number of aryl methyl sites for hydroxylation is 1. The highest BCUT2D eigenvalue weighted by Crippen LogP contribution is 2.21. The first-order valence-electron chi connectivity index (χ1n) is 6.66. The lowest BCUT2D eigenvalue weighted by molar-refractivity contribution is 0.702. The van der Waals surface area contributed by atoms with Crippen LogP contribution in [-0.4, -0.2) is 23.1 Å². The van der Waals surface area contributed by atoms with E-state index < -0.39 is 0 Å². The van der Waals surface area contributed by atoms with Crippen molar-refractivity contribution in [2.75, 3.05) is 18.6 Å². The summed E-state index contributed by atoms with van der Waals surface area (Å²) in [5.41, 5.74) is 2.76. The van der Waals surface area contributed by atoms with Crippen molar-refractivity contribution < 1.29 is 0 Å². The molecule has 0 aliphatic heterocycles. The monoisotopic (exact) mass is 262 g/mol. The van der Waals surface area contributed by atoms with E-state index in [0.717, 1.165) is 13.1 Å². The summed E-state index contributed by atoms with van der Waals surface area (Å²) in [6.45, 7) is 4.29. The minimum Gasteiger partial charge on any atom is -0.347 e. The van der Waals surface area contributed by atoms with Gasteiger partial charge in [0.2, 0.25) is 0 Å². The highest BCUT2D eigenvalue weighted by Gasteiger charge is 2.06. The predicted octanol–water partition coefficient (Wildman–Crippen LogP) is 3.50. The van der Waals surface area contributed by atoms with Crippen molar-refractivity contribution >= 4 is 22.7 Å². The van der Waals surface area contributed by atoms with Crippen LogP contribution in [-0.2, 0) is 13.1 Å². The molecule has 0 aliphatic carbocycles. The van der Waals surface area contributed by atoms with E-state index in [1.165, 1.54) is 34.4 Å². The molecule has 0 unspecified atom stereocenters. The molecule has 18 heavy (non-hydrogen) atoms.